The molecule has 6 nitrogen and oxygen atoms in total. The number of aromatic nitrogens is 2. The zero-order chi connectivity index (χ0) is 16.9. The fraction of sp³-hybridized carbons (Fsp3) is 0.0588. The van der Waals surface area contributed by atoms with Crippen molar-refractivity contribution in [3.63, 3.8) is 0 Å². The first kappa shape index (κ1) is 15.6. The number of nitrogens with one attached hydrogen (secondary N) is 1. The number of anilines is 1. The smallest absolute Gasteiger partial charge is 0.254 e. The normalized spacial score (nSPS) is 10.1. The van der Waals surface area contributed by atoms with Crippen LogP contribution < -0.4 is 10.9 Å². The van der Waals surface area contributed by atoms with Crippen LogP contribution in [0, 0.1) is 11.3 Å². The van der Waals surface area contributed by atoms with Crippen LogP contribution in [0.5, 0.6) is 0 Å². The topological polar surface area (TPSA) is 87.8 Å². The van der Waals surface area contributed by atoms with Crippen molar-refractivity contribution in [2.24, 2.45) is 0 Å². The van der Waals surface area contributed by atoms with E-state index in [-0.39, 0.29) is 12.1 Å². The van der Waals surface area contributed by atoms with Gasteiger partial charge in [0.05, 0.1) is 28.1 Å². The lowest BCUT2D eigenvalue weighted by Crippen LogP contribution is -2.27. The highest BCUT2D eigenvalue weighted by Crippen LogP contribution is 2.20. The van der Waals surface area contributed by atoms with E-state index in [1.807, 2.05) is 23.6 Å². The summed E-state index contributed by atoms with van der Waals surface area (Å²) >= 11 is 1.49. The zero-order valence-corrected chi connectivity index (χ0v) is 13.3. The molecule has 0 saturated heterocycles. The second kappa shape index (κ2) is 6.89. The summed E-state index contributed by atoms with van der Waals surface area (Å²) in [6.07, 6.45) is 1.35. The molecule has 0 fully saturated rings. The first-order chi connectivity index (χ1) is 11.7. The maximum atomic E-state index is 12.1. The van der Waals surface area contributed by atoms with Gasteiger partial charge in [-0.05, 0) is 23.6 Å². The Morgan fingerprint density at radius 2 is 2.12 bits per heavy atom. The van der Waals surface area contributed by atoms with E-state index in [0.717, 1.165) is 4.88 Å². The molecule has 0 bridgehead atoms. The van der Waals surface area contributed by atoms with Crippen molar-refractivity contribution < 1.29 is 4.79 Å². The Labute approximate surface area is 141 Å². The zero-order valence-electron chi connectivity index (χ0n) is 12.5. The predicted molar refractivity (Wildman–Crippen MR) is 91.6 cm³/mol. The second-order valence-electron chi connectivity index (χ2n) is 4.92. The molecule has 0 spiro atoms. The quantitative estimate of drug-likeness (QED) is 0.793. The summed E-state index contributed by atoms with van der Waals surface area (Å²) in [5.74, 6) is -0.398. The average molecular weight is 336 g/mol. The third kappa shape index (κ3) is 3.39. The molecule has 2 heterocycles. The van der Waals surface area contributed by atoms with Crippen molar-refractivity contribution in [1.82, 2.24) is 9.55 Å². The van der Waals surface area contributed by atoms with Gasteiger partial charge in [0, 0.05) is 6.07 Å². The van der Waals surface area contributed by atoms with Gasteiger partial charge in [0.15, 0.2) is 0 Å². The van der Waals surface area contributed by atoms with Gasteiger partial charge in [-0.1, -0.05) is 18.2 Å². The van der Waals surface area contributed by atoms with Gasteiger partial charge < -0.3 is 5.32 Å². The largest absolute Gasteiger partial charge is 0.323 e. The van der Waals surface area contributed by atoms with E-state index in [0.29, 0.717) is 16.9 Å². The van der Waals surface area contributed by atoms with Gasteiger partial charge in [-0.2, -0.15) is 5.26 Å². The fourth-order valence-electron chi connectivity index (χ4n) is 2.14. The Kier molecular flexibility index (Phi) is 4.50. The van der Waals surface area contributed by atoms with E-state index < -0.39 is 5.91 Å². The van der Waals surface area contributed by atoms with Gasteiger partial charge in [-0.25, -0.2) is 4.98 Å². The number of benzene rings is 1. The highest BCUT2D eigenvalue weighted by Gasteiger charge is 2.09. The van der Waals surface area contributed by atoms with E-state index in [9.17, 15) is 9.59 Å². The van der Waals surface area contributed by atoms with Crippen LogP contribution in [0.3, 0.4) is 0 Å². The molecule has 3 rings (SSSR count). The first-order valence-corrected chi connectivity index (χ1v) is 7.94. The van der Waals surface area contributed by atoms with Gasteiger partial charge in [0.25, 0.3) is 5.56 Å². The first-order valence-electron chi connectivity index (χ1n) is 7.07. The van der Waals surface area contributed by atoms with Crippen LogP contribution in [-0.2, 0) is 11.3 Å². The van der Waals surface area contributed by atoms with Crippen LogP contribution in [0.25, 0.3) is 10.6 Å². The van der Waals surface area contributed by atoms with Crippen molar-refractivity contribution in [3.8, 4) is 16.6 Å². The summed E-state index contributed by atoms with van der Waals surface area (Å²) in [7, 11) is 0. The van der Waals surface area contributed by atoms with Crippen molar-refractivity contribution in [3.05, 3.63) is 70.1 Å². The molecule has 24 heavy (non-hydrogen) atoms. The molecule has 7 heteroatoms. The van der Waals surface area contributed by atoms with Crippen LogP contribution in [0.4, 0.5) is 5.69 Å². The van der Waals surface area contributed by atoms with Crippen LogP contribution in [-0.4, -0.2) is 15.5 Å². The maximum absolute atomic E-state index is 12.1. The molecule has 0 atom stereocenters. The average Bonchev–Trinajstić information content (AvgIpc) is 3.12. The lowest BCUT2D eigenvalue weighted by Gasteiger charge is -2.08. The summed E-state index contributed by atoms with van der Waals surface area (Å²) in [5.41, 5.74) is 1.06. The minimum absolute atomic E-state index is 0.170. The Morgan fingerprint density at radius 1 is 1.29 bits per heavy atom. The number of carbonyl (C=O) groups excluding carboxylic acids is 1. The number of hydrogen-bond donors (Lipinski definition) is 1. The molecule has 118 valence electrons. The van der Waals surface area contributed by atoms with Crippen molar-refractivity contribution in [2.75, 3.05) is 5.32 Å². The molecular formula is C17H12N4O2S. The highest BCUT2D eigenvalue weighted by molar-refractivity contribution is 7.13. The summed E-state index contributed by atoms with van der Waals surface area (Å²) in [4.78, 5) is 29.4. The highest BCUT2D eigenvalue weighted by atomic mass is 32.1. The third-order valence-corrected chi connectivity index (χ3v) is 4.18. The van der Waals surface area contributed by atoms with Crippen LogP contribution in [0.15, 0.2) is 59.0 Å². The molecule has 2 aromatic heterocycles. The lowest BCUT2D eigenvalue weighted by molar-refractivity contribution is -0.116. The summed E-state index contributed by atoms with van der Waals surface area (Å²) in [6.45, 7) is -0.170. The van der Waals surface area contributed by atoms with E-state index in [2.05, 4.69) is 10.3 Å². The molecule has 0 aliphatic heterocycles. The lowest BCUT2D eigenvalue weighted by atomic mass is 10.2. The van der Waals surface area contributed by atoms with Crippen molar-refractivity contribution in [1.29, 1.82) is 5.26 Å². The molecule has 1 aromatic carbocycles. The van der Waals surface area contributed by atoms with Gasteiger partial charge >= 0.3 is 0 Å². The maximum Gasteiger partial charge on any atom is 0.254 e. The second-order valence-corrected chi connectivity index (χ2v) is 5.87. The number of hydrogen-bond acceptors (Lipinski definition) is 5. The Hall–Kier alpha value is -3.24. The SMILES string of the molecule is N#Cc1ccccc1NC(=O)Cn1cnc(-c2cccs2)cc1=O. The molecule has 0 unspecified atom stereocenters. The monoisotopic (exact) mass is 336 g/mol. The molecular weight excluding hydrogens is 324 g/mol. The molecule has 0 aliphatic carbocycles. The Balaban J connectivity index is 1.75. The van der Waals surface area contributed by atoms with Gasteiger partial charge in [0.2, 0.25) is 5.91 Å². The van der Waals surface area contributed by atoms with E-state index in [1.165, 1.54) is 28.3 Å². The van der Waals surface area contributed by atoms with E-state index in [1.54, 1.807) is 24.3 Å². The standard InChI is InChI=1S/C17H12N4O2S/c18-9-12-4-1-2-5-13(12)20-16(22)10-21-11-19-14(8-17(21)23)15-6-3-7-24-15/h1-8,11H,10H2,(H,20,22). The number of para-hydroxylation sites is 1. The number of thiophene rings is 1. The Morgan fingerprint density at radius 3 is 2.83 bits per heavy atom. The number of rotatable bonds is 4. The summed E-state index contributed by atoms with van der Waals surface area (Å²) in [6, 6.07) is 13.9. The molecule has 0 radical (unpaired) electrons. The summed E-state index contributed by atoms with van der Waals surface area (Å²) in [5, 5.41) is 13.6. The molecule has 1 amide bonds. The molecule has 0 saturated carbocycles. The summed E-state index contributed by atoms with van der Waals surface area (Å²) < 4.78 is 1.22. The predicted octanol–water partition coefficient (Wildman–Crippen LogP) is 2.48. The van der Waals surface area contributed by atoms with Crippen LogP contribution in [0.1, 0.15) is 5.56 Å². The molecule has 1 N–H and O–H groups in total. The number of carbonyl (C=O) groups is 1. The van der Waals surface area contributed by atoms with Crippen molar-refractivity contribution in [2.45, 2.75) is 6.54 Å². The minimum atomic E-state index is -0.398. The van der Waals surface area contributed by atoms with Crippen LogP contribution >= 0.6 is 11.3 Å². The Bertz CT molecular complexity index is 971. The fourth-order valence-corrected chi connectivity index (χ4v) is 2.83. The third-order valence-electron chi connectivity index (χ3n) is 3.29. The number of nitrogens with zero attached hydrogens (tertiary/aromatic N) is 3. The minimum Gasteiger partial charge on any atom is -0.323 e. The van der Waals surface area contributed by atoms with E-state index >= 15 is 0 Å². The number of amides is 1. The van der Waals surface area contributed by atoms with Gasteiger partial charge in [-0.3, -0.25) is 14.2 Å². The molecule has 3 aromatic rings. The van der Waals surface area contributed by atoms with Gasteiger partial charge in [0.1, 0.15) is 12.6 Å². The van der Waals surface area contributed by atoms with Gasteiger partial charge in [-0.15, -0.1) is 11.3 Å². The van der Waals surface area contributed by atoms with Crippen molar-refractivity contribution >= 4 is 22.9 Å². The molecule has 0 aliphatic rings. The van der Waals surface area contributed by atoms with Crippen LogP contribution in [0.2, 0.25) is 0 Å². The van der Waals surface area contributed by atoms with E-state index in [4.69, 9.17) is 5.26 Å². The number of nitriles is 1.